The zero-order valence-electron chi connectivity index (χ0n) is 48.4. The van der Waals surface area contributed by atoms with Gasteiger partial charge in [0.05, 0.1) is 24.4 Å². The molecule has 3 heterocycles. The molecule has 1 aromatic rings. The van der Waals surface area contributed by atoms with Gasteiger partial charge in [-0.2, -0.15) is 5.10 Å². The smallest absolute Gasteiger partial charge is 0.329 e. The molecule has 4 aliphatic rings. The zero-order chi connectivity index (χ0) is 58.5. The highest BCUT2D eigenvalue weighted by molar-refractivity contribution is 7.80. The molecule has 3 aliphatic heterocycles. The van der Waals surface area contributed by atoms with Crippen LogP contribution < -0.4 is 16.5 Å². The van der Waals surface area contributed by atoms with E-state index < -0.39 is 89.6 Å². The molecule has 2 bridgehead atoms. The molecule has 0 spiro atoms. The second kappa shape index (κ2) is 32.6. The summed E-state index contributed by atoms with van der Waals surface area (Å²) in [5, 5.41) is 43.2. The van der Waals surface area contributed by atoms with Crippen molar-refractivity contribution in [1.29, 1.82) is 0 Å². The number of methoxy groups -OCH3 is 2. The van der Waals surface area contributed by atoms with E-state index in [1.807, 2.05) is 81.5 Å². The van der Waals surface area contributed by atoms with Crippen LogP contribution in [0.15, 0.2) is 83.0 Å². The van der Waals surface area contributed by atoms with E-state index in [9.17, 15) is 34.5 Å². The molecule has 2 saturated heterocycles. The van der Waals surface area contributed by atoms with Gasteiger partial charge in [0.25, 0.3) is 11.7 Å². The van der Waals surface area contributed by atoms with E-state index >= 15 is 0 Å². The number of aliphatic hydroxyl groups is 3. The molecule has 7 N–H and O–H groups in total. The van der Waals surface area contributed by atoms with E-state index in [-0.39, 0.29) is 48.5 Å². The maximum atomic E-state index is 14.9. The fourth-order valence-corrected chi connectivity index (χ4v) is 11.5. The molecule has 0 radical (unpaired) electrons. The molecule has 442 valence electrons. The maximum Gasteiger partial charge on any atom is 0.329 e. The first-order valence-electron chi connectivity index (χ1n) is 28.8. The number of Topliss-reactive ketones (excluding diaryl/α,β-unsaturated/α-hetero) is 2. The van der Waals surface area contributed by atoms with Crippen LogP contribution in [0, 0.1) is 41.9 Å². The Morgan fingerprint density at radius 2 is 1.68 bits per heavy atom. The Balaban J connectivity index is 1.54. The molecule has 80 heavy (non-hydrogen) atoms. The van der Waals surface area contributed by atoms with Crippen molar-refractivity contribution >= 4 is 52.2 Å². The predicted octanol–water partition coefficient (Wildman–Crippen LogP) is 7.82. The van der Waals surface area contributed by atoms with Gasteiger partial charge in [-0.3, -0.25) is 19.8 Å². The molecule has 18 heteroatoms. The lowest BCUT2D eigenvalue weighted by Crippen LogP contribution is -2.61. The number of carbonyl (C=O) groups excluding carboxylic acids is 4. The number of unbranched alkanes of at least 4 members (excludes halogenated alkanes) is 2. The van der Waals surface area contributed by atoms with Crippen LogP contribution in [0.4, 0.5) is 5.69 Å². The number of nitrogens with one attached hydrogen (secondary N) is 2. The van der Waals surface area contributed by atoms with Crippen molar-refractivity contribution in [2.75, 3.05) is 32.7 Å². The van der Waals surface area contributed by atoms with Crippen molar-refractivity contribution in [2.45, 2.75) is 198 Å². The maximum absolute atomic E-state index is 14.9. The van der Waals surface area contributed by atoms with E-state index in [4.69, 9.17) is 53.2 Å². The number of para-hydroxylation sites is 1. The molecule has 1 aliphatic carbocycles. The Hall–Kier alpha value is -4.94. The largest absolute Gasteiger partial charge is 0.459 e. The Morgan fingerprint density at radius 1 is 0.925 bits per heavy atom. The normalized spacial score (nSPS) is 35.3. The number of carbonyl (C=O) groups is 4. The monoisotopic (exact) mass is 1130 g/mol. The number of hydrazone groups is 1. The molecule has 1 aromatic carbocycles. The second-order valence-corrected chi connectivity index (χ2v) is 23.0. The predicted molar refractivity (Wildman–Crippen MR) is 314 cm³/mol. The average molecular weight is 1130 g/mol. The van der Waals surface area contributed by atoms with Crippen LogP contribution in [-0.4, -0.2) is 142 Å². The molecule has 0 aromatic heterocycles. The summed E-state index contributed by atoms with van der Waals surface area (Å²) in [7, 11) is 3.23. The summed E-state index contributed by atoms with van der Waals surface area (Å²) in [6, 6.07) is 7.24. The van der Waals surface area contributed by atoms with Crippen molar-refractivity contribution in [3.8, 4) is 12.3 Å². The second-order valence-electron chi connectivity index (χ2n) is 22.6. The fourth-order valence-electron chi connectivity index (χ4n) is 11.4. The molecule has 1 saturated carbocycles. The van der Waals surface area contributed by atoms with Crippen LogP contribution in [-0.2, 0) is 42.9 Å². The van der Waals surface area contributed by atoms with Crippen LogP contribution >= 0.6 is 12.2 Å². The summed E-state index contributed by atoms with van der Waals surface area (Å²) in [6.45, 7) is 11.3. The van der Waals surface area contributed by atoms with Crippen molar-refractivity contribution < 1.29 is 58.2 Å². The number of nitrogens with two attached hydrogens (primary N) is 1. The number of esters is 1. The quantitative estimate of drug-likeness (QED) is 0.0222. The number of hydrogen-bond donors (Lipinski definition) is 6. The number of ether oxygens (including phenoxy) is 5. The number of fused-ring (bicyclic) bond motifs is 3. The van der Waals surface area contributed by atoms with Crippen molar-refractivity contribution in [3.05, 3.63) is 77.9 Å². The van der Waals surface area contributed by atoms with Crippen molar-refractivity contribution in [1.82, 2.24) is 10.3 Å². The van der Waals surface area contributed by atoms with Gasteiger partial charge in [-0.25, -0.2) is 4.79 Å². The lowest BCUT2D eigenvalue weighted by atomic mass is 9.80. The number of amides is 1. The minimum Gasteiger partial charge on any atom is -0.459 e. The first-order chi connectivity index (χ1) is 38.2. The highest BCUT2D eigenvalue weighted by Crippen LogP contribution is 2.37. The summed E-state index contributed by atoms with van der Waals surface area (Å²) in [6.07, 6.45) is 18.5. The van der Waals surface area contributed by atoms with Crippen LogP contribution in [0.5, 0.6) is 0 Å². The highest BCUT2D eigenvalue weighted by atomic mass is 32.1. The van der Waals surface area contributed by atoms with Crippen LogP contribution in [0.2, 0.25) is 0 Å². The van der Waals surface area contributed by atoms with Crippen LogP contribution in [0.3, 0.4) is 0 Å². The van der Waals surface area contributed by atoms with Gasteiger partial charge in [-0.05, 0) is 138 Å². The lowest BCUT2D eigenvalue weighted by molar-refractivity contribution is -0.265. The van der Waals surface area contributed by atoms with Gasteiger partial charge in [0.1, 0.15) is 24.4 Å². The Labute approximate surface area is 480 Å². The molecule has 3 fully saturated rings. The number of thiocarbonyl (C=S) groups is 1. The molecule has 1 amide bonds. The van der Waals surface area contributed by atoms with E-state index in [0.717, 1.165) is 24.8 Å². The Morgan fingerprint density at radius 3 is 2.39 bits per heavy atom. The number of nitrogens with zero attached hydrogens (tertiary/aromatic N) is 2. The number of allylic oxidation sites excluding steroid dienone is 6. The molecular formula is C62H91N5O12S. The third-order valence-corrected chi connectivity index (χ3v) is 16.6. The molecule has 5 rings (SSSR count). The zero-order valence-corrected chi connectivity index (χ0v) is 49.2. The van der Waals surface area contributed by atoms with Crippen molar-refractivity contribution in [2.24, 2.45) is 40.4 Å². The SMILES string of the molecule is C#CCCCCO[C@@H]1CC[C@@H](C[C@@H](N)[C@@H]2C/C(=N/NC(=S)Nc3ccccc3)[C@H](C)/C=C(\C)[C@@H](O)[C@@H](O)C(=O)[C@H](C)C[C@H](C)/C=C/C=C/C=C(\C)[C@@H](OC)C[C@@H]3CC[C@@H](C)[C@@](O)(O3)C(=O)C(=O)N3CCCC[C@H]3C(=O)O2)C[C@H]1OC. The molecule has 15 atom stereocenters. The lowest BCUT2D eigenvalue weighted by Gasteiger charge is -2.42. The Kier molecular flexibility index (Phi) is 26.9. The molecular weight excluding hydrogens is 1040 g/mol. The summed E-state index contributed by atoms with van der Waals surface area (Å²) < 4.78 is 30.9. The topological polar surface area (TPSA) is 241 Å². The third-order valence-electron chi connectivity index (χ3n) is 16.4. The standard InChI is InChI=1S/C62H91N5O12S/c1-10-11-12-21-32-77-51-30-28-45(36-54(51)76-9)35-48(63)53-38-49(65-66-61(80)64-46-24-17-14-18-25-46)41(4)34-43(6)56(69)57(70)55(68)42(5)33-39(2)22-15-13-16-23-40(3)52(75-8)37-47-29-27-44(7)62(74,79-47)58(71)59(72)67-31-20-19-26-50(67)60(73)78-53/h1,13-18,22-25,34,39,41-42,44-45,47-48,50-54,56-57,69-70,74H,11-12,19-21,26-33,35-38,63H2,2-9H3,(H2,64,66,80)/b16-13+,22-15+,40-23+,43-34+,65-49-/t39-,41-,42-,44-,45+,47+,48-,50+,51-,52+,53+,54-,56-,57+,62-/m1/s1. The van der Waals surface area contributed by atoms with Gasteiger partial charge in [0, 0.05) is 81.8 Å². The van der Waals surface area contributed by atoms with Gasteiger partial charge in [0.2, 0.25) is 5.79 Å². The van der Waals surface area contributed by atoms with Gasteiger partial charge in [0.15, 0.2) is 10.9 Å². The first kappa shape index (κ1) is 65.9. The van der Waals surface area contributed by atoms with Gasteiger partial charge in [-0.15, -0.1) is 12.3 Å². The number of terminal acetylenes is 1. The average Bonchev–Trinajstić information content (AvgIpc) is 3.49. The van der Waals surface area contributed by atoms with Crippen LogP contribution in [0.1, 0.15) is 138 Å². The number of hydrogen-bond acceptors (Lipinski definition) is 15. The van der Waals surface area contributed by atoms with E-state index in [1.165, 1.54) is 4.90 Å². The number of ketones is 2. The fraction of sp³-hybridized carbons (Fsp3) is 0.645. The summed E-state index contributed by atoms with van der Waals surface area (Å²) in [4.78, 5) is 58.9. The molecule has 17 nitrogen and oxygen atoms in total. The van der Waals surface area contributed by atoms with Gasteiger partial charge < -0.3 is 55.0 Å². The third kappa shape index (κ3) is 19.1. The summed E-state index contributed by atoms with van der Waals surface area (Å²) in [5.74, 6) is -5.29. The van der Waals surface area contributed by atoms with E-state index in [2.05, 4.69) is 16.7 Å². The summed E-state index contributed by atoms with van der Waals surface area (Å²) >= 11 is 5.68. The number of rotatable bonds is 12. The number of aliphatic hydroxyl groups excluding tert-OH is 2. The number of benzene rings is 1. The summed E-state index contributed by atoms with van der Waals surface area (Å²) in [5.41, 5.74) is 12.4. The highest BCUT2D eigenvalue weighted by Gasteiger charge is 2.53. The number of cyclic esters (lactones) is 1. The van der Waals surface area contributed by atoms with E-state index in [1.54, 1.807) is 41.1 Å². The first-order valence-corrected chi connectivity index (χ1v) is 29.2. The van der Waals surface area contributed by atoms with Crippen LogP contribution in [0.25, 0.3) is 0 Å². The van der Waals surface area contributed by atoms with Gasteiger partial charge in [-0.1, -0.05) is 82.4 Å². The Bertz CT molecular complexity index is 2410. The number of piperidine rings is 1. The minimum absolute atomic E-state index is 0.0317. The van der Waals surface area contributed by atoms with Crippen molar-refractivity contribution in [3.63, 3.8) is 0 Å². The van der Waals surface area contributed by atoms with Gasteiger partial charge >= 0.3 is 5.97 Å². The minimum atomic E-state index is -2.47. The molecule has 0 unspecified atom stereocenters. The number of anilines is 1. The van der Waals surface area contributed by atoms with E-state index in [0.29, 0.717) is 87.8 Å².